The van der Waals surface area contributed by atoms with Crippen molar-refractivity contribution in [1.29, 1.82) is 0 Å². The van der Waals surface area contributed by atoms with E-state index in [4.69, 9.17) is 11.6 Å². The maximum absolute atomic E-state index is 13.6. The number of anilines is 1. The van der Waals surface area contributed by atoms with Crippen LogP contribution >= 0.6 is 11.6 Å². The first-order chi connectivity index (χ1) is 10.2. The normalized spacial score (nSPS) is 10.8. The third kappa shape index (κ3) is 3.11. The van der Waals surface area contributed by atoms with E-state index in [1.165, 1.54) is 12.3 Å². The van der Waals surface area contributed by atoms with E-state index in [-0.39, 0.29) is 10.8 Å². The zero-order valence-corrected chi connectivity index (χ0v) is 11.9. The quantitative estimate of drug-likeness (QED) is 0.789. The molecule has 2 heterocycles. The number of fused-ring (bicyclic) bond motifs is 1. The maximum Gasteiger partial charge on any atom is 0.166 e. The highest BCUT2D eigenvalue weighted by Crippen LogP contribution is 2.18. The van der Waals surface area contributed by atoms with Crippen LogP contribution in [0.4, 0.5) is 10.2 Å². The van der Waals surface area contributed by atoms with Gasteiger partial charge in [0, 0.05) is 24.3 Å². The minimum atomic E-state index is -0.446. The summed E-state index contributed by atoms with van der Waals surface area (Å²) in [5.41, 5.74) is 2.10. The second-order valence-corrected chi connectivity index (χ2v) is 5.09. The van der Waals surface area contributed by atoms with Crippen LogP contribution in [0.25, 0.3) is 10.9 Å². The van der Waals surface area contributed by atoms with Crippen molar-refractivity contribution in [1.82, 2.24) is 9.97 Å². The first-order valence-corrected chi connectivity index (χ1v) is 6.99. The van der Waals surface area contributed by atoms with Gasteiger partial charge in [0.05, 0.1) is 10.5 Å². The minimum Gasteiger partial charge on any atom is -0.367 e. The summed E-state index contributed by atoms with van der Waals surface area (Å²) < 4.78 is 13.6. The van der Waals surface area contributed by atoms with Gasteiger partial charge in [-0.15, -0.1) is 0 Å². The number of nitrogens with zero attached hydrogens (tertiary/aromatic N) is 2. The lowest BCUT2D eigenvalue weighted by atomic mass is 10.1. The van der Waals surface area contributed by atoms with Gasteiger partial charge < -0.3 is 5.32 Å². The van der Waals surface area contributed by atoms with E-state index < -0.39 is 5.82 Å². The van der Waals surface area contributed by atoms with Crippen molar-refractivity contribution < 1.29 is 4.39 Å². The molecule has 3 aromatic rings. The van der Waals surface area contributed by atoms with Gasteiger partial charge in [0.15, 0.2) is 11.6 Å². The van der Waals surface area contributed by atoms with Crippen LogP contribution < -0.4 is 5.32 Å². The molecule has 0 spiro atoms. The molecular formula is C16H13ClFN3. The number of hydrogen-bond acceptors (Lipinski definition) is 3. The van der Waals surface area contributed by atoms with Crippen molar-refractivity contribution in [3.05, 3.63) is 65.2 Å². The van der Waals surface area contributed by atoms with E-state index in [1.807, 2.05) is 30.3 Å². The average molecular weight is 302 g/mol. The molecule has 3 rings (SSSR count). The summed E-state index contributed by atoms with van der Waals surface area (Å²) >= 11 is 5.67. The van der Waals surface area contributed by atoms with Crippen molar-refractivity contribution >= 4 is 28.3 Å². The molecule has 1 N–H and O–H groups in total. The maximum atomic E-state index is 13.6. The molecule has 0 aliphatic carbocycles. The molecule has 0 atom stereocenters. The van der Waals surface area contributed by atoms with Gasteiger partial charge >= 0.3 is 0 Å². The fourth-order valence-corrected chi connectivity index (χ4v) is 2.37. The molecule has 0 radical (unpaired) electrons. The van der Waals surface area contributed by atoms with Crippen LogP contribution in [0.15, 0.2) is 48.8 Å². The molecular weight excluding hydrogens is 289 g/mol. The summed E-state index contributed by atoms with van der Waals surface area (Å²) in [5, 5.41) is 4.37. The monoisotopic (exact) mass is 301 g/mol. The first-order valence-electron chi connectivity index (χ1n) is 6.61. The van der Waals surface area contributed by atoms with Gasteiger partial charge in [-0.3, -0.25) is 4.98 Å². The van der Waals surface area contributed by atoms with Gasteiger partial charge in [0.1, 0.15) is 0 Å². The van der Waals surface area contributed by atoms with Crippen molar-refractivity contribution in [3.8, 4) is 0 Å². The molecule has 0 saturated carbocycles. The van der Waals surface area contributed by atoms with E-state index in [1.54, 1.807) is 6.20 Å². The summed E-state index contributed by atoms with van der Waals surface area (Å²) in [4.78, 5) is 8.34. The molecule has 0 saturated heterocycles. The Morgan fingerprint density at radius 3 is 2.86 bits per heavy atom. The van der Waals surface area contributed by atoms with E-state index in [2.05, 4.69) is 15.3 Å². The summed E-state index contributed by atoms with van der Waals surface area (Å²) in [6.07, 6.45) is 3.93. The Bertz CT molecular complexity index is 771. The second-order valence-electron chi connectivity index (χ2n) is 4.65. The van der Waals surface area contributed by atoms with E-state index in [9.17, 15) is 4.39 Å². The number of benzene rings is 1. The lowest BCUT2D eigenvalue weighted by Crippen LogP contribution is -2.08. The van der Waals surface area contributed by atoms with Crippen LogP contribution in [0.2, 0.25) is 5.02 Å². The number of para-hydroxylation sites is 1. The van der Waals surface area contributed by atoms with Gasteiger partial charge in [-0.05, 0) is 24.1 Å². The molecule has 3 nitrogen and oxygen atoms in total. The van der Waals surface area contributed by atoms with Gasteiger partial charge in [0.25, 0.3) is 0 Å². The third-order valence-corrected chi connectivity index (χ3v) is 3.42. The molecule has 0 fully saturated rings. The lowest BCUT2D eigenvalue weighted by Gasteiger charge is -2.08. The van der Waals surface area contributed by atoms with Crippen molar-refractivity contribution in [2.45, 2.75) is 6.42 Å². The van der Waals surface area contributed by atoms with Gasteiger partial charge in [-0.25, -0.2) is 9.37 Å². The molecule has 5 heteroatoms. The first kappa shape index (κ1) is 13.8. The number of pyridine rings is 2. The predicted octanol–water partition coefficient (Wildman–Crippen LogP) is 4.08. The fraction of sp³-hybridized carbons (Fsp3) is 0.125. The van der Waals surface area contributed by atoms with Crippen LogP contribution in [0.3, 0.4) is 0 Å². The topological polar surface area (TPSA) is 37.8 Å². The van der Waals surface area contributed by atoms with Crippen molar-refractivity contribution in [2.24, 2.45) is 0 Å². The highest BCUT2D eigenvalue weighted by Gasteiger charge is 2.05. The third-order valence-electron chi connectivity index (χ3n) is 3.21. The van der Waals surface area contributed by atoms with Gasteiger partial charge in [0.2, 0.25) is 0 Å². The molecule has 0 aliphatic heterocycles. The molecule has 2 aromatic heterocycles. The van der Waals surface area contributed by atoms with Crippen LogP contribution in [0, 0.1) is 5.82 Å². The molecule has 0 aliphatic rings. The SMILES string of the molecule is Fc1cc(Cl)cnc1NCCc1cccc2cccnc12. The number of hydrogen-bond donors (Lipinski definition) is 1. The lowest BCUT2D eigenvalue weighted by molar-refractivity contribution is 0.624. The van der Waals surface area contributed by atoms with Crippen molar-refractivity contribution in [3.63, 3.8) is 0 Å². The molecule has 0 unspecified atom stereocenters. The van der Waals surface area contributed by atoms with E-state index in [0.717, 1.165) is 22.9 Å². The molecule has 0 amide bonds. The zero-order chi connectivity index (χ0) is 14.7. The van der Waals surface area contributed by atoms with Crippen LogP contribution in [-0.4, -0.2) is 16.5 Å². The van der Waals surface area contributed by atoms with E-state index in [0.29, 0.717) is 6.54 Å². The standard InChI is InChI=1S/C16H13ClFN3/c17-13-9-14(18)16(21-10-13)20-8-6-12-4-1-3-11-5-2-7-19-15(11)12/h1-5,7,9-10H,6,8H2,(H,20,21). The van der Waals surface area contributed by atoms with Gasteiger partial charge in [-0.1, -0.05) is 35.9 Å². The number of nitrogens with one attached hydrogen (secondary N) is 1. The Morgan fingerprint density at radius 1 is 1.14 bits per heavy atom. The summed E-state index contributed by atoms with van der Waals surface area (Å²) in [5.74, 6) is -0.230. The Hall–Kier alpha value is -2.20. The second kappa shape index (κ2) is 6.06. The molecule has 1 aromatic carbocycles. The molecule has 21 heavy (non-hydrogen) atoms. The highest BCUT2D eigenvalue weighted by atomic mass is 35.5. The number of halogens is 2. The number of aromatic nitrogens is 2. The number of rotatable bonds is 4. The summed E-state index contributed by atoms with van der Waals surface area (Å²) in [6.45, 7) is 0.571. The fourth-order valence-electron chi connectivity index (χ4n) is 2.23. The van der Waals surface area contributed by atoms with Crippen LogP contribution in [0.5, 0.6) is 0 Å². The Balaban J connectivity index is 1.72. The van der Waals surface area contributed by atoms with Crippen LogP contribution in [-0.2, 0) is 6.42 Å². The Morgan fingerprint density at radius 2 is 2.00 bits per heavy atom. The van der Waals surface area contributed by atoms with Crippen LogP contribution in [0.1, 0.15) is 5.56 Å². The Kier molecular flexibility index (Phi) is 3.97. The van der Waals surface area contributed by atoms with Crippen molar-refractivity contribution in [2.75, 3.05) is 11.9 Å². The molecule has 106 valence electrons. The largest absolute Gasteiger partial charge is 0.367 e. The highest BCUT2D eigenvalue weighted by molar-refractivity contribution is 6.30. The minimum absolute atomic E-state index is 0.215. The average Bonchev–Trinajstić information content (AvgIpc) is 2.50. The predicted molar refractivity (Wildman–Crippen MR) is 83.1 cm³/mol. The summed E-state index contributed by atoms with van der Waals surface area (Å²) in [6, 6.07) is 11.2. The van der Waals surface area contributed by atoms with Gasteiger partial charge in [-0.2, -0.15) is 0 Å². The summed E-state index contributed by atoms with van der Waals surface area (Å²) in [7, 11) is 0. The molecule has 0 bridgehead atoms. The smallest absolute Gasteiger partial charge is 0.166 e. The van der Waals surface area contributed by atoms with E-state index >= 15 is 0 Å². The zero-order valence-electron chi connectivity index (χ0n) is 11.2. The Labute approximate surface area is 126 Å².